The summed E-state index contributed by atoms with van der Waals surface area (Å²) in [5, 5.41) is 20.4. The zero-order valence-electron chi connectivity index (χ0n) is 11.1. The monoisotopic (exact) mass is 301 g/mol. The van der Waals surface area contributed by atoms with Crippen molar-refractivity contribution in [1.29, 1.82) is 5.26 Å². The fourth-order valence-electron chi connectivity index (χ4n) is 1.64. The van der Waals surface area contributed by atoms with Crippen molar-refractivity contribution in [3.05, 3.63) is 53.0 Å². The van der Waals surface area contributed by atoms with Crippen LogP contribution in [0.3, 0.4) is 0 Å². The van der Waals surface area contributed by atoms with Crippen molar-refractivity contribution < 1.29 is 14.3 Å². The lowest BCUT2D eigenvalue weighted by Crippen LogP contribution is -2.24. The lowest BCUT2D eigenvalue weighted by molar-refractivity contribution is -0.607. The first-order valence-electron chi connectivity index (χ1n) is 5.83. The molecular weight excluding hydrogens is 290 g/mol. The lowest BCUT2D eigenvalue weighted by atomic mass is 10.2. The Hall–Kier alpha value is -2.72. The summed E-state index contributed by atoms with van der Waals surface area (Å²) in [5.41, 5.74) is 6.98. The molecule has 106 valence electrons. The van der Waals surface area contributed by atoms with Crippen LogP contribution in [0.15, 0.2) is 46.5 Å². The summed E-state index contributed by atoms with van der Waals surface area (Å²) in [6.45, 7) is 0. The normalized spacial score (nSPS) is 9.90. The van der Waals surface area contributed by atoms with Crippen LogP contribution in [-0.4, -0.2) is 13.1 Å². The van der Waals surface area contributed by atoms with Crippen molar-refractivity contribution >= 4 is 23.4 Å². The summed E-state index contributed by atoms with van der Waals surface area (Å²) in [6, 6.07) is 8.17. The van der Waals surface area contributed by atoms with E-state index in [0.717, 1.165) is 0 Å². The van der Waals surface area contributed by atoms with Gasteiger partial charge in [-0.15, -0.1) is 0 Å². The van der Waals surface area contributed by atoms with Crippen LogP contribution >= 0.6 is 11.8 Å². The van der Waals surface area contributed by atoms with Crippen molar-refractivity contribution in [2.75, 3.05) is 12.8 Å². The Morgan fingerprint density at radius 1 is 1.43 bits per heavy atom. The highest BCUT2D eigenvalue weighted by molar-refractivity contribution is 7.99. The van der Waals surface area contributed by atoms with E-state index in [4.69, 9.17) is 11.0 Å². The summed E-state index contributed by atoms with van der Waals surface area (Å²) < 4.78 is 5.23. The van der Waals surface area contributed by atoms with Gasteiger partial charge in [-0.1, -0.05) is 11.8 Å². The highest BCUT2D eigenvalue weighted by atomic mass is 32.2. The van der Waals surface area contributed by atoms with Crippen LogP contribution in [0.25, 0.3) is 0 Å². The molecule has 21 heavy (non-hydrogen) atoms. The first-order chi connectivity index (χ1) is 10.0. The molecule has 0 bridgehead atoms. The quantitative estimate of drug-likeness (QED) is 0.400. The number of rotatable bonds is 3. The average Bonchev–Trinajstić information content (AvgIpc) is 2.48. The summed E-state index contributed by atoms with van der Waals surface area (Å²) >= 11 is 1.19. The minimum absolute atomic E-state index is 0.340. The first-order valence-corrected chi connectivity index (χ1v) is 6.65. The van der Waals surface area contributed by atoms with Gasteiger partial charge in [0.1, 0.15) is 6.07 Å². The molecule has 6 nitrogen and oxygen atoms in total. The third-order valence-electron chi connectivity index (χ3n) is 2.67. The number of nitrogens with zero attached hydrogens (tertiary/aromatic N) is 2. The molecule has 1 heterocycles. The Balaban J connectivity index is 2.35. The third-order valence-corrected chi connectivity index (χ3v) is 3.81. The van der Waals surface area contributed by atoms with Crippen molar-refractivity contribution in [2.24, 2.45) is 0 Å². The standard InChI is InChI=1S/C14H11N3O3S/c1-20-14(18)9-2-3-12(11(16)6-9)21-13-8-17(19)5-4-10(13)7-15/h2-6,8H,16H2,1H3. The van der Waals surface area contributed by atoms with E-state index in [2.05, 4.69) is 4.74 Å². The van der Waals surface area contributed by atoms with Crippen LogP contribution in [0.4, 0.5) is 5.69 Å². The molecule has 0 fully saturated rings. The predicted octanol–water partition coefficient (Wildman–Crippen LogP) is 1.71. The molecule has 0 aliphatic rings. The van der Waals surface area contributed by atoms with Crippen LogP contribution in [0.2, 0.25) is 0 Å². The second-order valence-corrected chi connectivity index (χ2v) is 5.12. The molecular formula is C14H11N3O3S. The maximum Gasteiger partial charge on any atom is 0.337 e. The Morgan fingerprint density at radius 3 is 2.81 bits per heavy atom. The third kappa shape index (κ3) is 3.24. The zero-order chi connectivity index (χ0) is 15.4. The molecule has 0 saturated heterocycles. The number of methoxy groups -OCH3 is 1. The van der Waals surface area contributed by atoms with Gasteiger partial charge in [-0.2, -0.15) is 9.99 Å². The van der Waals surface area contributed by atoms with Gasteiger partial charge in [0.25, 0.3) is 0 Å². The van der Waals surface area contributed by atoms with E-state index >= 15 is 0 Å². The number of benzene rings is 1. The minimum atomic E-state index is -0.479. The maximum absolute atomic E-state index is 11.4. The molecule has 0 unspecified atom stereocenters. The molecule has 0 radical (unpaired) electrons. The number of nitrogens with two attached hydrogens (primary N) is 1. The fraction of sp³-hybridized carbons (Fsp3) is 0.0714. The molecule has 2 rings (SSSR count). The molecule has 2 N–H and O–H groups in total. The summed E-state index contributed by atoms with van der Waals surface area (Å²) in [5.74, 6) is -0.479. The highest BCUT2D eigenvalue weighted by Crippen LogP contribution is 2.33. The van der Waals surface area contributed by atoms with Gasteiger partial charge in [0, 0.05) is 16.6 Å². The summed E-state index contributed by atoms with van der Waals surface area (Å²) in [4.78, 5) is 12.5. The van der Waals surface area contributed by atoms with Gasteiger partial charge in [-0.3, -0.25) is 0 Å². The van der Waals surface area contributed by atoms with E-state index < -0.39 is 5.97 Å². The number of hydrogen-bond acceptors (Lipinski definition) is 6. The molecule has 1 aromatic heterocycles. The second-order valence-electron chi connectivity index (χ2n) is 4.04. The Morgan fingerprint density at radius 2 is 2.19 bits per heavy atom. The van der Waals surface area contributed by atoms with Crippen LogP contribution < -0.4 is 10.5 Å². The number of carbonyl (C=O) groups is 1. The predicted molar refractivity (Wildman–Crippen MR) is 76.4 cm³/mol. The number of aromatic nitrogens is 1. The molecule has 0 amide bonds. The summed E-state index contributed by atoms with van der Waals surface area (Å²) in [6.07, 6.45) is 2.56. The molecule has 0 spiro atoms. The first kappa shape index (κ1) is 14.7. The number of ether oxygens (including phenoxy) is 1. The molecule has 0 saturated carbocycles. The molecule has 0 aliphatic heterocycles. The van der Waals surface area contributed by atoms with Gasteiger partial charge in [-0.25, -0.2) is 4.79 Å². The number of nitrogen functional groups attached to an aromatic ring is 1. The maximum atomic E-state index is 11.4. The zero-order valence-corrected chi connectivity index (χ0v) is 11.9. The van der Waals surface area contributed by atoms with E-state index in [9.17, 15) is 10.0 Å². The second kappa shape index (κ2) is 6.15. The van der Waals surface area contributed by atoms with Crippen LogP contribution in [0.1, 0.15) is 15.9 Å². The van der Waals surface area contributed by atoms with Crippen molar-refractivity contribution in [1.82, 2.24) is 0 Å². The lowest BCUT2D eigenvalue weighted by Gasteiger charge is -2.08. The molecule has 1 aromatic carbocycles. The number of anilines is 1. The highest BCUT2D eigenvalue weighted by Gasteiger charge is 2.13. The SMILES string of the molecule is COC(=O)c1ccc(Sc2c[n+]([O-])ccc2C#N)c(N)c1. The van der Waals surface area contributed by atoms with Gasteiger partial charge in [-0.05, 0) is 18.2 Å². The van der Waals surface area contributed by atoms with Crippen molar-refractivity contribution in [2.45, 2.75) is 9.79 Å². The average molecular weight is 301 g/mol. The van der Waals surface area contributed by atoms with Gasteiger partial charge >= 0.3 is 5.97 Å². The van der Waals surface area contributed by atoms with Gasteiger partial charge < -0.3 is 15.7 Å². The van der Waals surface area contributed by atoms with E-state index in [1.54, 1.807) is 12.1 Å². The number of esters is 1. The van der Waals surface area contributed by atoms with Gasteiger partial charge in [0.15, 0.2) is 12.4 Å². The van der Waals surface area contributed by atoms with Crippen LogP contribution in [0, 0.1) is 16.5 Å². The Bertz CT molecular complexity index is 741. The van der Waals surface area contributed by atoms with Crippen LogP contribution in [0.5, 0.6) is 0 Å². The van der Waals surface area contributed by atoms with Gasteiger partial charge in [0.2, 0.25) is 0 Å². The number of carbonyl (C=O) groups excluding carboxylic acids is 1. The van der Waals surface area contributed by atoms with Crippen LogP contribution in [-0.2, 0) is 4.74 Å². The Kier molecular flexibility index (Phi) is 4.30. The topological polar surface area (TPSA) is 103 Å². The molecule has 0 atom stereocenters. The van der Waals surface area contributed by atoms with E-state index in [-0.39, 0.29) is 0 Å². The number of hydrogen-bond donors (Lipinski definition) is 1. The molecule has 2 aromatic rings. The summed E-state index contributed by atoms with van der Waals surface area (Å²) in [7, 11) is 1.29. The van der Waals surface area contributed by atoms with E-state index in [1.807, 2.05) is 6.07 Å². The number of pyridine rings is 1. The molecule has 0 aliphatic carbocycles. The minimum Gasteiger partial charge on any atom is -0.619 e. The molecule has 7 heteroatoms. The fourth-order valence-corrected chi connectivity index (χ4v) is 2.57. The van der Waals surface area contributed by atoms with Crippen molar-refractivity contribution in [3.63, 3.8) is 0 Å². The van der Waals surface area contributed by atoms with E-state index in [0.29, 0.717) is 31.3 Å². The Labute approximate surface area is 125 Å². The van der Waals surface area contributed by atoms with Gasteiger partial charge in [0.05, 0.1) is 23.1 Å². The smallest absolute Gasteiger partial charge is 0.337 e. The van der Waals surface area contributed by atoms with Crippen molar-refractivity contribution in [3.8, 4) is 6.07 Å². The van der Waals surface area contributed by atoms with E-state index in [1.165, 1.54) is 43.4 Å². The number of nitriles is 1. The largest absolute Gasteiger partial charge is 0.619 e.